The van der Waals surface area contributed by atoms with Gasteiger partial charge >= 0.3 is 0 Å². The average Bonchev–Trinajstić information content (AvgIpc) is 3.67. The molecule has 2 heterocycles. The van der Waals surface area contributed by atoms with E-state index in [2.05, 4.69) is 135 Å². The molecule has 9 rings (SSSR count). The van der Waals surface area contributed by atoms with Gasteiger partial charge in [0.15, 0.2) is 5.69 Å². The van der Waals surface area contributed by atoms with Crippen LogP contribution in [0.15, 0.2) is 158 Å². The van der Waals surface area contributed by atoms with E-state index in [0.717, 1.165) is 66.5 Å². The Balaban J connectivity index is 1.24. The normalized spacial score (nSPS) is 11.3. The lowest BCUT2D eigenvalue weighted by Gasteiger charge is -2.16. The number of benzene rings is 7. The molecule has 0 unspecified atom stereocenters. The molecular weight excluding hydrogens is 585 g/mol. The van der Waals surface area contributed by atoms with Crippen molar-refractivity contribution in [3.8, 4) is 39.7 Å². The van der Waals surface area contributed by atoms with Gasteiger partial charge in [0.05, 0.1) is 40.4 Å². The highest BCUT2D eigenvalue weighted by Crippen LogP contribution is 2.39. The van der Waals surface area contributed by atoms with Crippen molar-refractivity contribution in [3.05, 3.63) is 175 Å². The maximum atomic E-state index is 10.2. The van der Waals surface area contributed by atoms with E-state index in [1.807, 2.05) is 42.5 Å². The van der Waals surface area contributed by atoms with E-state index < -0.39 is 0 Å². The molecule has 0 bridgehead atoms. The van der Waals surface area contributed by atoms with Crippen molar-refractivity contribution in [3.63, 3.8) is 0 Å². The number of hydrogen-bond donors (Lipinski definition) is 0. The summed E-state index contributed by atoms with van der Waals surface area (Å²) in [5.41, 5.74) is 11.6. The zero-order chi connectivity index (χ0) is 32.2. The Morgan fingerprint density at radius 3 is 1.77 bits per heavy atom. The lowest BCUT2D eigenvalue weighted by Crippen LogP contribution is -1.98. The molecule has 4 nitrogen and oxygen atoms in total. The summed E-state index contributed by atoms with van der Waals surface area (Å²) in [5, 5.41) is 14.9. The highest BCUT2D eigenvalue weighted by molar-refractivity contribution is 6.11. The summed E-state index contributed by atoms with van der Waals surface area (Å²) in [6.45, 7) is 7.68. The van der Waals surface area contributed by atoms with Crippen molar-refractivity contribution >= 4 is 49.3 Å². The third-order valence-corrected chi connectivity index (χ3v) is 9.32. The molecule has 2 aromatic heterocycles. The number of hydrogen-bond acceptors (Lipinski definition) is 1. The van der Waals surface area contributed by atoms with E-state index in [0.29, 0.717) is 11.3 Å². The van der Waals surface area contributed by atoms with Crippen molar-refractivity contribution in [2.75, 3.05) is 0 Å². The summed E-state index contributed by atoms with van der Waals surface area (Å²) in [6.07, 6.45) is 0. The van der Waals surface area contributed by atoms with Crippen LogP contribution in [0.3, 0.4) is 0 Å². The molecule has 48 heavy (non-hydrogen) atoms. The van der Waals surface area contributed by atoms with Gasteiger partial charge in [-0.3, -0.25) is 0 Å². The molecule has 0 saturated heterocycles. The van der Waals surface area contributed by atoms with E-state index in [-0.39, 0.29) is 0 Å². The van der Waals surface area contributed by atoms with Gasteiger partial charge in [0.2, 0.25) is 0 Å². The minimum Gasteiger partial charge on any atom is -0.310 e. The van der Waals surface area contributed by atoms with Crippen molar-refractivity contribution in [1.82, 2.24) is 9.13 Å². The van der Waals surface area contributed by atoms with Gasteiger partial charge in [0.25, 0.3) is 0 Å². The summed E-state index contributed by atoms with van der Waals surface area (Å²) < 4.78 is 4.56. The van der Waals surface area contributed by atoms with Gasteiger partial charge in [-0.1, -0.05) is 97.1 Å². The summed E-state index contributed by atoms with van der Waals surface area (Å²) in [6, 6.07) is 56.7. The van der Waals surface area contributed by atoms with Gasteiger partial charge < -0.3 is 9.13 Å². The Morgan fingerprint density at radius 2 is 1.08 bits per heavy atom. The molecule has 9 aromatic rings. The van der Waals surface area contributed by atoms with Crippen LogP contribution >= 0.6 is 0 Å². The molecule has 0 saturated carbocycles. The van der Waals surface area contributed by atoms with E-state index >= 15 is 0 Å². The van der Waals surface area contributed by atoms with Gasteiger partial charge in [0, 0.05) is 38.3 Å². The summed E-state index contributed by atoms with van der Waals surface area (Å²) in [7, 11) is 0. The highest BCUT2D eigenvalue weighted by Gasteiger charge is 2.17. The Bertz CT molecular complexity index is 2760. The number of para-hydroxylation sites is 4. The van der Waals surface area contributed by atoms with E-state index in [9.17, 15) is 5.26 Å². The molecule has 0 aliphatic carbocycles. The number of nitriles is 1. The fourth-order valence-corrected chi connectivity index (χ4v) is 7.24. The topological polar surface area (TPSA) is 38.0 Å². The summed E-state index contributed by atoms with van der Waals surface area (Å²) in [4.78, 5) is 3.73. The number of aromatic nitrogens is 2. The van der Waals surface area contributed by atoms with Gasteiger partial charge in [-0.05, 0) is 77.4 Å². The van der Waals surface area contributed by atoms with Crippen LogP contribution in [-0.4, -0.2) is 9.13 Å². The quantitative estimate of drug-likeness (QED) is 0.183. The van der Waals surface area contributed by atoms with Crippen LogP contribution in [0.25, 0.3) is 82.1 Å². The fraction of sp³-hybridized carbons (Fsp3) is 0. The van der Waals surface area contributed by atoms with Gasteiger partial charge in [0.1, 0.15) is 0 Å². The van der Waals surface area contributed by atoms with Crippen molar-refractivity contribution in [2.45, 2.75) is 0 Å². The molecule has 0 aliphatic heterocycles. The lowest BCUT2D eigenvalue weighted by molar-refractivity contribution is 1.18. The summed E-state index contributed by atoms with van der Waals surface area (Å²) >= 11 is 0. The molecule has 222 valence electrons. The monoisotopic (exact) mass is 610 g/mol. The molecule has 0 radical (unpaired) electrons. The predicted octanol–water partition coefficient (Wildman–Crippen LogP) is 11.6. The van der Waals surface area contributed by atoms with Crippen LogP contribution in [0.5, 0.6) is 0 Å². The van der Waals surface area contributed by atoms with Crippen LogP contribution in [0.2, 0.25) is 0 Å². The SMILES string of the molecule is [C-]#[N+]c1ccc2c3ccccc3n(-c3ccccc3-c3cc(C#N)cc(-c4cccc(-n5c6ccccc6c6ccccc65)c4)c3)c2c1. The summed E-state index contributed by atoms with van der Waals surface area (Å²) in [5.74, 6) is 0. The first kappa shape index (κ1) is 27.4. The van der Waals surface area contributed by atoms with Crippen LogP contribution in [0, 0.1) is 17.9 Å². The second-order valence-electron chi connectivity index (χ2n) is 12.0. The van der Waals surface area contributed by atoms with Crippen molar-refractivity contribution < 1.29 is 0 Å². The molecule has 0 spiro atoms. The molecule has 4 heteroatoms. The van der Waals surface area contributed by atoms with Gasteiger partial charge in [-0.2, -0.15) is 5.26 Å². The smallest absolute Gasteiger partial charge is 0.189 e. The largest absolute Gasteiger partial charge is 0.310 e. The first-order chi connectivity index (χ1) is 23.7. The molecule has 0 fully saturated rings. The Labute approximate surface area is 277 Å². The Hall–Kier alpha value is -6.88. The third kappa shape index (κ3) is 4.22. The second kappa shape index (κ2) is 10.9. The van der Waals surface area contributed by atoms with E-state index in [1.54, 1.807) is 0 Å². The van der Waals surface area contributed by atoms with E-state index in [4.69, 9.17) is 6.57 Å². The lowest BCUT2D eigenvalue weighted by atomic mass is 9.95. The predicted molar refractivity (Wildman–Crippen MR) is 197 cm³/mol. The van der Waals surface area contributed by atoms with Crippen LogP contribution in [-0.2, 0) is 0 Å². The third-order valence-electron chi connectivity index (χ3n) is 9.32. The van der Waals surface area contributed by atoms with Crippen LogP contribution in [0.4, 0.5) is 5.69 Å². The highest BCUT2D eigenvalue weighted by atomic mass is 15.0. The maximum absolute atomic E-state index is 10.2. The fourth-order valence-electron chi connectivity index (χ4n) is 7.24. The maximum Gasteiger partial charge on any atom is 0.189 e. The standard InChI is InChI=1S/C44H26N4/c1-46-33-21-22-39-38-16-5-9-20-43(38)48(44(39)27-33)40-17-6-2-13-35(40)32-24-29(28-45)23-31(25-32)30-11-10-12-34(26-30)47-41-18-7-3-14-36(41)37-15-4-8-19-42(37)47/h2-27H. The van der Waals surface area contributed by atoms with Gasteiger partial charge in [-0.15, -0.1) is 0 Å². The second-order valence-corrected chi connectivity index (χ2v) is 12.0. The molecular formula is C44H26N4. The minimum atomic E-state index is 0.595. The van der Waals surface area contributed by atoms with E-state index in [1.165, 1.54) is 10.8 Å². The Kier molecular flexibility index (Phi) is 6.22. The zero-order valence-electron chi connectivity index (χ0n) is 25.8. The number of fused-ring (bicyclic) bond motifs is 6. The van der Waals surface area contributed by atoms with Crippen LogP contribution in [0.1, 0.15) is 5.56 Å². The number of nitrogens with zero attached hydrogens (tertiary/aromatic N) is 4. The first-order valence-corrected chi connectivity index (χ1v) is 15.9. The average molecular weight is 611 g/mol. The van der Waals surface area contributed by atoms with Crippen molar-refractivity contribution in [2.24, 2.45) is 0 Å². The number of rotatable bonds is 4. The first-order valence-electron chi connectivity index (χ1n) is 15.9. The Morgan fingerprint density at radius 1 is 0.479 bits per heavy atom. The van der Waals surface area contributed by atoms with Gasteiger partial charge in [-0.25, -0.2) is 4.85 Å². The van der Waals surface area contributed by atoms with Crippen LogP contribution < -0.4 is 0 Å². The van der Waals surface area contributed by atoms with Crippen molar-refractivity contribution in [1.29, 1.82) is 5.26 Å². The molecule has 7 aromatic carbocycles. The zero-order valence-corrected chi connectivity index (χ0v) is 25.8. The molecule has 0 amide bonds. The molecule has 0 N–H and O–H groups in total. The molecule has 0 aliphatic rings. The minimum absolute atomic E-state index is 0.595. The molecule has 0 atom stereocenters.